The number of carbonyl (C=O) groups is 2. The summed E-state index contributed by atoms with van der Waals surface area (Å²) in [5, 5.41) is 0. The van der Waals surface area contributed by atoms with Gasteiger partial charge in [-0.3, -0.25) is 14.5 Å². The van der Waals surface area contributed by atoms with E-state index in [9.17, 15) is 9.59 Å². The first kappa shape index (κ1) is 16.5. The number of benzene rings is 1. The van der Waals surface area contributed by atoms with E-state index in [4.69, 9.17) is 12.2 Å². The largest absolute Gasteiger partial charge is 0.304 e. The smallest absolute Gasteiger partial charge is 0.267 e. The summed E-state index contributed by atoms with van der Waals surface area (Å²) < 4.78 is 0.576. The van der Waals surface area contributed by atoms with Crippen LogP contribution in [0, 0.1) is 0 Å². The first-order valence-electron chi connectivity index (χ1n) is 8.45. The molecule has 2 amide bonds. The van der Waals surface area contributed by atoms with Gasteiger partial charge in [0.2, 0.25) is 0 Å². The molecule has 25 heavy (non-hydrogen) atoms. The molecule has 4 rings (SSSR count). The highest BCUT2D eigenvalue weighted by molar-refractivity contribution is 8.26. The molecular formula is C19H18N2O2S2. The molecule has 1 saturated heterocycles. The number of hydrogen-bond acceptors (Lipinski definition) is 4. The molecule has 1 aromatic rings. The highest BCUT2D eigenvalue weighted by atomic mass is 32.2. The Morgan fingerprint density at radius 3 is 2.64 bits per heavy atom. The first-order chi connectivity index (χ1) is 12.1. The molecule has 1 aromatic carbocycles. The van der Waals surface area contributed by atoms with Gasteiger partial charge >= 0.3 is 0 Å². The Kier molecular flexibility index (Phi) is 4.25. The van der Waals surface area contributed by atoms with Gasteiger partial charge in [0.1, 0.15) is 4.32 Å². The third kappa shape index (κ3) is 2.55. The number of nitrogens with zero attached hydrogens (tertiary/aromatic N) is 2. The number of para-hydroxylation sites is 1. The van der Waals surface area contributed by atoms with E-state index in [1.54, 1.807) is 15.9 Å². The summed E-state index contributed by atoms with van der Waals surface area (Å²) in [6.45, 7) is 4.15. The fourth-order valence-electron chi connectivity index (χ4n) is 3.82. The van der Waals surface area contributed by atoms with E-state index in [1.807, 2.05) is 24.3 Å². The van der Waals surface area contributed by atoms with Gasteiger partial charge in [-0.25, -0.2) is 0 Å². The first-order valence-corrected chi connectivity index (χ1v) is 9.67. The van der Waals surface area contributed by atoms with Crippen LogP contribution in [-0.2, 0) is 9.59 Å². The second-order valence-corrected chi connectivity index (χ2v) is 8.05. The Bertz CT molecular complexity index is 824. The number of rotatable bonds is 3. The van der Waals surface area contributed by atoms with Crippen molar-refractivity contribution in [2.24, 2.45) is 0 Å². The van der Waals surface area contributed by atoms with Crippen LogP contribution >= 0.6 is 24.0 Å². The molecule has 2 heterocycles. The maximum Gasteiger partial charge on any atom is 0.267 e. The van der Waals surface area contributed by atoms with Crippen LogP contribution in [0.25, 0.3) is 5.57 Å². The Labute approximate surface area is 156 Å². The van der Waals surface area contributed by atoms with Crippen LogP contribution in [0.3, 0.4) is 0 Å². The van der Waals surface area contributed by atoms with E-state index in [0.29, 0.717) is 21.3 Å². The van der Waals surface area contributed by atoms with E-state index in [-0.39, 0.29) is 17.9 Å². The molecule has 6 heteroatoms. The molecule has 2 aliphatic heterocycles. The van der Waals surface area contributed by atoms with Crippen LogP contribution in [0.15, 0.2) is 41.8 Å². The lowest BCUT2D eigenvalue weighted by molar-refractivity contribution is -0.123. The minimum absolute atomic E-state index is 0.111. The van der Waals surface area contributed by atoms with Crippen molar-refractivity contribution >= 4 is 51.4 Å². The third-order valence-electron chi connectivity index (χ3n) is 4.95. The number of thioether (sulfide) groups is 1. The quantitative estimate of drug-likeness (QED) is 0.462. The highest BCUT2D eigenvalue weighted by Gasteiger charge is 2.44. The van der Waals surface area contributed by atoms with Crippen LogP contribution in [0.4, 0.5) is 5.69 Å². The van der Waals surface area contributed by atoms with Crippen molar-refractivity contribution in [1.29, 1.82) is 0 Å². The molecule has 0 spiro atoms. The van der Waals surface area contributed by atoms with Gasteiger partial charge in [0.15, 0.2) is 0 Å². The predicted octanol–water partition coefficient (Wildman–Crippen LogP) is 3.73. The van der Waals surface area contributed by atoms with E-state index < -0.39 is 0 Å². The summed E-state index contributed by atoms with van der Waals surface area (Å²) >= 11 is 6.74. The van der Waals surface area contributed by atoms with Crippen molar-refractivity contribution in [1.82, 2.24) is 4.90 Å². The van der Waals surface area contributed by atoms with Gasteiger partial charge in [-0.15, -0.1) is 6.58 Å². The average molecular weight is 370 g/mol. The third-order valence-corrected chi connectivity index (χ3v) is 6.35. The lowest BCUT2D eigenvalue weighted by Gasteiger charge is -2.22. The minimum atomic E-state index is -0.145. The zero-order valence-corrected chi connectivity index (χ0v) is 15.4. The lowest BCUT2D eigenvalue weighted by Crippen LogP contribution is -2.37. The van der Waals surface area contributed by atoms with Gasteiger partial charge in [-0.1, -0.05) is 61.1 Å². The van der Waals surface area contributed by atoms with Gasteiger partial charge in [0.05, 0.1) is 16.2 Å². The standard InChI is InChI=1S/C19H18N2O2S2/c1-2-11-20-14-10-6-5-9-13(14)15(17(20)22)16-18(23)21(19(24)25-16)12-7-3-4-8-12/h2,5-6,9-10,12H,1,3-4,7-8,11H2. The lowest BCUT2D eigenvalue weighted by atomic mass is 10.1. The van der Waals surface area contributed by atoms with Gasteiger partial charge in [0.25, 0.3) is 11.8 Å². The van der Waals surface area contributed by atoms with Crippen LogP contribution < -0.4 is 4.90 Å². The van der Waals surface area contributed by atoms with Crippen molar-refractivity contribution in [2.45, 2.75) is 31.7 Å². The molecule has 2 fully saturated rings. The summed E-state index contributed by atoms with van der Waals surface area (Å²) in [6, 6.07) is 7.77. The summed E-state index contributed by atoms with van der Waals surface area (Å²) in [7, 11) is 0. The minimum Gasteiger partial charge on any atom is -0.304 e. The van der Waals surface area contributed by atoms with Crippen molar-refractivity contribution in [3.63, 3.8) is 0 Å². The topological polar surface area (TPSA) is 40.6 Å². The molecule has 1 aliphatic carbocycles. The molecule has 1 saturated carbocycles. The molecule has 3 aliphatic rings. The second kappa shape index (κ2) is 6.42. The normalized spacial score (nSPS) is 23.8. The molecular weight excluding hydrogens is 352 g/mol. The Morgan fingerprint density at radius 1 is 1.20 bits per heavy atom. The van der Waals surface area contributed by atoms with Crippen molar-refractivity contribution in [2.75, 3.05) is 11.4 Å². The number of carbonyl (C=O) groups excluding carboxylic acids is 2. The Balaban J connectivity index is 1.80. The van der Waals surface area contributed by atoms with Gasteiger partial charge in [-0.2, -0.15) is 0 Å². The van der Waals surface area contributed by atoms with Gasteiger partial charge in [-0.05, 0) is 18.9 Å². The van der Waals surface area contributed by atoms with Crippen molar-refractivity contribution in [3.8, 4) is 0 Å². The molecule has 0 aromatic heterocycles. The van der Waals surface area contributed by atoms with Crippen LogP contribution in [0.5, 0.6) is 0 Å². The Hall–Kier alpha value is -1.92. The monoisotopic (exact) mass is 370 g/mol. The molecule has 0 bridgehead atoms. The highest BCUT2D eigenvalue weighted by Crippen LogP contribution is 2.45. The van der Waals surface area contributed by atoms with Crippen molar-refractivity contribution in [3.05, 3.63) is 47.4 Å². The number of hydrogen-bond donors (Lipinski definition) is 0. The number of thiocarbonyl (C=S) groups is 1. The van der Waals surface area contributed by atoms with Crippen LogP contribution in [0.1, 0.15) is 31.2 Å². The zero-order chi connectivity index (χ0) is 17.6. The maximum absolute atomic E-state index is 13.1. The Morgan fingerprint density at radius 2 is 1.92 bits per heavy atom. The zero-order valence-electron chi connectivity index (χ0n) is 13.7. The molecule has 0 unspecified atom stereocenters. The van der Waals surface area contributed by atoms with Gasteiger partial charge in [0, 0.05) is 18.2 Å². The van der Waals surface area contributed by atoms with Crippen molar-refractivity contribution < 1.29 is 9.59 Å². The fourth-order valence-corrected chi connectivity index (χ4v) is 5.29. The molecule has 0 radical (unpaired) electrons. The summed E-state index contributed by atoms with van der Waals surface area (Å²) in [4.78, 5) is 30.0. The average Bonchev–Trinajstić information content (AvgIpc) is 3.28. The van der Waals surface area contributed by atoms with Gasteiger partial charge < -0.3 is 4.90 Å². The SMILES string of the molecule is C=CCN1C(=O)C(=C2SC(=S)N(C3CCCC3)C2=O)c2ccccc21. The molecule has 4 nitrogen and oxygen atoms in total. The summed E-state index contributed by atoms with van der Waals surface area (Å²) in [5.74, 6) is -0.256. The van der Waals surface area contributed by atoms with E-state index in [1.165, 1.54) is 11.8 Å². The second-order valence-electron chi connectivity index (χ2n) is 6.41. The molecule has 128 valence electrons. The van der Waals surface area contributed by atoms with E-state index >= 15 is 0 Å². The number of amides is 2. The van der Waals surface area contributed by atoms with Crippen LogP contribution in [0.2, 0.25) is 0 Å². The number of fused-ring (bicyclic) bond motifs is 1. The summed E-state index contributed by atoms with van der Waals surface area (Å²) in [6.07, 6.45) is 5.93. The predicted molar refractivity (Wildman–Crippen MR) is 105 cm³/mol. The van der Waals surface area contributed by atoms with E-state index in [0.717, 1.165) is 36.9 Å². The fraction of sp³-hybridized carbons (Fsp3) is 0.316. The number of anilines is 1. The molecule has 0 atom stereocenters. The van der Waals surface area contributed by atoms with Crippen LogP contribution in [-0.4, -0.2) is 33.6 Å². The van der Waals surface area contributed by atoms with E-state index in [2.05, 4.69) is 6.58 Å². The molecule has 0 N–H and O–H groups in total. The maximum atomic E-state index is 13.1. The summed E-state index contributed by atoms with van der Waals surface area (Å²) in [5.41, 5.74) is 2.12.